The van der Waals surface area contributed by atoms with Gasteiger partial charge in [-0.1, -0.05) is 34.1 Å². The number of nitrogens with one attached hydrogen (secondary N) is 1. The average Bonchev–Trinajstić information content (AvgIpc) is 2.18. The summed E-state index contributed by atoms with van der Waals surface area (Å²) in [6.45, 7) is 0. The highest BCUT2D eigenvalue weighted by Gasteiger charge is 2.04. The largest absolute Gasteiger partial charge is 0.322 e. The number of benzene rings is 1. The van der Waals surface area contributed by atoms with E-state index >= 15 is 0 Å². The second-order valence-electron chi connectivity index (χ2n) is 2.28. The topological polar surface area (TPSA) is 29.1 Å². The molecule has 0 aliphatic rings. The Bertz CT molecular complexity index is 322. The van der Waals surface area contributed by atoms with E-state index in [1.54, 1.807) is 0 Å². The molecule has 1 aromatic rings. The second-order valence-corrected chi connectivity index (χ2v) is 3.59. The summed E-state index contributed by atoms with van der Waals surface area (Å²) < 4.78 is 0.455. The molecule has 0 aliphatic carbocycles. The third-order valence-corrected chi connectivity index (χ3v) is 3.01. The molecular weight excluding hydrogens is 298 g/mol. The summed E-state index contributed by atoms with van der Waals surface area (Å²) in [6, 6.07) is 9.27. The minimum atomic E-state index is -0.178. The van der Waals surface area contributed by atoms with Crippen molar-refractivity contribution in [2.45, 2.75) is 0 Å². The molecule has 1 rings (SSSR count). The number of carbonyl (C=O) groups is 1. The molecule has 13 heavy (non-hydrogen) atoms. The summed E-state index contributed by atoms with van der Waals surface area (Å²) >= 11 is 6.16. The van der Waals surface area contributed by atoms with Gasteiger partial charge in [-0.2, -0.15) is 0 Å². The van der Waals surface area contributed by atoms with Gasteiger partial charge in [0.1, 0.15) is 0 Å². The maximum atomic E-state index is 11.3. The molecular formula is C9H7Br2NO. The van der Waals surface area contributed by atoms with Crippen LogP contribution in [0.3, 0.4) is 0 Å². The predicted molar refractivity (Wildman–Crippen MR) is 61.0 cm³/mol. The van der Waals surface area contributed by atoms with Crippen molar-refractivity contribution in [3.05, 3.63) is 39.8 Å². The first kappa shape index (κ1) is 10.5. The lowest BCUT2D eigenvalue weighted by Crippen LogP contribution is -2.10. The van der Waals surface area contributed by atoms with Crippen LogP contribution in [0, 0.1) is 0 Å². The standard InChI is InChI=1S/C9H7Br2NO/c10-6-8(11)9(13)12-7-4-2-1-3-5-7/h1-6H,(H,12,13). The van der Waals surface area contributed by atoms with Gasteiger partial charge in [0.05, 0.1) is 4.48 Å². The molecule has 0 spiro atoms. The maximum absolute atomic E-state index is 11.3. The molecule has 0 aliphatic heterocycles. The number of para-hydroxylation sites is 1. The van der Waals surface area contributed by atoms with Crippen LogP contribution >= 0.6 is 31.9 Å². The quantitative estimate of drug-likeness (QED) is 0.835. The SMILES string of the molecule is O=C(Nc1ccccc1)C(Br)=CBr. The van der Waals surface area contributed by atoms with E-state index in [0.29, 0.717) is 4.48 Å². The van der Waals surface area contributed by atoms with Crippen LogP contribution in [-0.2, 0) is 4.79 Å². The number of hydrogen-bond donors (Lipinski definition) is 1. The molecule has 0 atom stereocenters. The van der Waals surface area contributed by atoms with E-state index in [4.69, 9.17) is 0 Å². The van der Waals surface area contributed by atoms with E-state index in [1.165, 1.54) is 4.99 Å². The Hall–Kier alpha value is -0.610. The van der Waals surface area contributed by atoms with Crippen molar-refractivity contribution in [3.8, 4) is 0 Å². The highest BCUT2D eigenvalue weighted by Crippen LogP contribution is 2.12. The minimum absolute atomic E-state index is 0.178. The zero-order valence-corrected chi connectivity index (χ0v) is 9.80. The third-order valence-electron chi connectivity index (χ3n) is 1.34. The van der Waals surface area contributed by atoms with Crippen molar-refractivity contribution >= 4 is 43.5 Å². The smallest absolute Gasteiger partial charge is 0.263 e. The van der Waals surface area contributed by atoms with Crippen molar-refractivity contribution < 1.29 is 4.79 Å². The average molecular weight is 305 g/mol. The lowest BCUT2D eigenvalue weighted by Gasteiger charge is -2.02. The van der Waals surface area contributed by atoms with E-state index < -0.39 is 0 Å². The molecule has 1 N–H and O–H groups in total. The summed E-state index contributed by atoms with van der Waals surface area (Å²) in [5, 5.41) is 2.71. The molecule has 1 aromatic carbocycles. The fraction of sp³-hybridized carbons (Fsp3) is 0. The van der Waals surface area contributed by atoms with Gasteiger partial charge in [-0.3, -0.25) is 4.79 Å². The Labute approximate surface area is 93.3 Å². The number of halogens is 2. The summed E-state index contributed by atoms with van der Waals surface area (Å²) in [5.74, 6) is -0.178. The summed E-state index contributed by atoms with van der Waals surface area (Å²) in [5.41, 5.74) is 0.777. The van der Waals surface area contributed by atoms with Gasteiger partial charge in [0.2, 0.25) is 0 Å². The monoisotopic (exact) mass is 303 g/mol. The number of carbonyl (C=O) groups excluding carboxylic acids is 1. The molecule has 0 heterocycles. The first-order valence-electron chi connectivity index (χ1n) is 3.56. The van der Waals surface area contributed by atoms with Crippen LogP contribution in [0.4, 0.5) is 5.69 Å². The zero-order valence-electron chi connectivity index (χ0n) is 6.63. The molecule has 0 saturated heterocycles. The van der Waals surface area contributed by atoms with Crippen LogP contribution in [0.1, 0.15) is 0 Å². The molecule has 1 amide bonds. The predicted octanol–water partition coefficient (Wildman–Crippen LogP) is 3.26. The maximum Gasteiger partial charge on any atom is 0.263 e. The number of amides is 1. The Balaban J connectivity index is 2.66. The van der Waals surface area contributed by atoms with Gasteiger partial charge in [0, 0.05) is 10.7 Å². The van der Waals surface area contributed by atoms with Crippen molar-refractivity contribution in [1.82, 2.24) is 0 Å². The third kappa shape index (κ3) is 3.32. The molecule has 4 heteroatoms. The van der Waals surface area contributed by atoms with Gasteiger partial charge < -0.3 is 5.32 Å². The highest BCUT2D eigenvalue weighted by molar-refractivity contribution is 9.14. The molecule has 0 radical (unpaired) electrons. The Morgan fingerprint density at radius 1 is 1.31 bits per heavy atom. The van der Waals surface area contributed by atoms with E-state index in [9.17, 15) is 4.79 Å². The molecule has 0 saturated carbocycles. The van der Waals surface area contributed by atoms with Gasteiger partial charge in [0.15, 0.2) is 0 Å². The Kier molecular flexibility index (Phi) is 4.18. The van der Waals surface area contributed by atoms with Crippen molar-refractivity contribution in [1.29, 1.82) is 0 Å². The van der Waals surface area contributed by atoms with E-state index in [-0.39, 0.29) is 5.91 Å². The lowest BCUT2D eigenvalue weighted by molar-refractivity contribution is -0.112. The molecule has 68 valence electrons. The summed E-state index contributed by atoms with van der Waals surface area (Å²) in [4.78, 5) is 12.8. The van der Waals surface area contributed by atoms with Crippen molar-refractivity contribution in [2.24, 2.45) is 0 Å². The fourth-order valence-corrected chi connectivity index (χ4v) is 1.07. The van der Waals surface area contributed by atoms with Crippen LogP contribution in [0.2, 0.25) is 0 Å². The fourth-order valence-electron chi connectivity index (χ4n) is 0.762. The summed E-state index contributed by atoms with van der Waals surface area (Å²) in [6.07, 6.45) is 0. The van der Waals surface area contributed by atoms with Crippen LogP contribution < -0.4 is 5.32 Å². The number of rotatable bonds is 2. The van der Waals surface area contributed by atoms with Gasteiger partial charge in [-0.05, 0) is 28.1 Å². The van der Waals surface area contributed by atoms with Gasteiger partial charge in [-0.15, -0.1) is 0 Å². The molecule has 2 nitrogen and oxygen atoms in total. The van der Waals surface area contributed by atoms with Gasteiger partial charge in [0.25, 0.3) is 5.91 Å². The van der Waals surface area contributed by atoms with E-state index in [0.717, 1.165) is 5.69 Å². The number of anilines is 1. The van der Waals surface area contributed by atoms with Crippen molar-refractivity contribution in [2.75, 3.05) is 5.32 Å². The van der Waals surface area contributed by atoms with Crippen molar-refractivity contribution in [3.63, 3.8) is 0 Å². The highest BCUT2D eigenvalue weighted by atomic mass is 79.9. The van der Waals surface area contributed by atoms with E-state index in [1.807, 2.05) is 30.3 Å². The van der Waals surface area contributed by atoms with Crippen LogP contribution in [-0.4, -0.2) is 5.91 Å². The Morgan fingerprint density at radius 2 is 1.92 bits per heavy atom. The second kappa shape index (κ2) is 5.19. The summed E-state index contributed by atoms with van der Waals surface area (Å²) in [7, 11) is 0. The number of hydrogen-bond acceptors (Lipinski definition) is 1. The lowest BCUT2D eigenvalue weighted by atomic mass is 10.3. The van der Waals surface area contributed by atoms with Crippen LogP contribution in [0.5, 0.6) is 0 Å². The Morgan fingerprint density at radius 3 is 2.46 bits per heavy atom. The molecule has 0 aromatic heterocycles. The van der Waals surface area contributed by atoms with Gasteiger partial charge in [-0.25, -0.2) is 0 Å². The van der Waals surface area contributed by atoms with Crippen LogP contribution in [0.15, 0.2) is 39.8 Å². The normalized spacial score (nSPS) is 11.1. The zero-order chi connectivity index (χ0) is 9.68. The molecule has 0 fully saturated rings. The molecule has 0 unspecified atom stereocenters. The molecule has 0 bridgehead atoms. The first-order chi connectivity index (χ1) is 6.24. The first-order valence-corrected chi connectivity index (χ1v) is 5.27. The van der Waals surface area contributed by atoms with Gasteiger partial charge >= 0.3 is 0 Å². The minimum Gasteiger partial charge on any atom is -0.322 e. The van der Waals surface area contributed by atoms with Crippen LogP contribution in [0.25, 0.3) is 0 Å². The van der Waals surface area contributed by atoms with E-state index in [2.05, 4.69) is 37.2 Å².